The number of hydrogen-bond acceptors (Lipinski definition) is 4. The van der Waals surface area contributed by atoms with Gasteiger partial charge < -0.3 is 20.6 Å². The molecule has 4 aromatic rings. The van der Waals surface area contributed by atoms with Crippen LogP contribution in [0.25, 0.3) is 33.6 Å². The Labute approximate surface area is 217 Å². The van der Waals surface area contributed by atoms with Crippen molar-refractivity contribution in [3.05, 3.63) is 71.6 Å². The predicted octanol–water partition coefficient (Wildman–Crippen LogP) is 6.35. The summed E-state index contributed by atoms with van der Waals surface area (Å²) < 4.78 is 0. The summed E-state index contributed by atoms with van der Waals surface area (Å²) in [4.78, 5) is 16.7. The molecule has 4 aliphatic rings. The van der Waals surface area contributed by atoms with Crippen LogP contribution in [0, 0.1) is 0 Å². The Morgan fingerprint density at radius 2 is 1.16 bits per heavy atom. The third kappa shape index (κ3) is 3.61. The fourth-order valence-corrected chi connectivity index (χ4v) is 7.48. The van der Waals surface area contributed by atoms with Crippen molar-refractivity contribution >= 4 is 0 Å². The number of imidazole rings is 2. The molecule has 2 aromatic carbocycles. The molecule has 2 saturated heterocycles. The van der Waals surface area contributed by atoms with Gasteiger partial charge in [-0.15, -0.1) is 0 Å². The van der Waals surface area contributed by atoms with Crippen LogP contribution in [0.15, 0.2) is 48.8 Å². The van der Waals surface area contributed by atoms with Gasteiger partial charge in [-0.3, -0.25) is 0 Å². The normalized spacial score (nSPS) is 26.3. The van der Waals surface area contributed by atoms with E-state index in [9.17, 15) is 0 Å². The van der Waals surface area contributed by atoms with Gasteiger partial charge in [0.2, 0.25) is 0 Å². The second-order valence-electron chi connectivity index (χ2n) is 11.4. The van der Waals surface area contributed by atoms with Gasteiger partial charge in [0.1, 0.15) is 11.6 Å². The van der Waals surface area contributed by atoms with Gasteiger partial charge in [-0.1, -0.05) is 36.4 Å². The van der Waals surface area contributed by atoms with E-state index >= 15 is 0 Å². The molecule has 0 radical (unpaired) electrons. The maximum absolute atomic E-state index is 4.78. The van der Waals surface area contributed by atoms with Crippen molar-refractivity contribution in [1.82, 2.24) is 30.6 Å². The Kier molecular flexibility index (Phi) is 5.12. The zero-order valence-electron chi connectivity index (χ0n) is 21.2. The number of H-pyrrole nitrogens is 2. The van der Waals surface area contributed by atoms with E-state index in [-0.39, 0.29) is 0 Å². The summed E-state index contributed by atoms with van der Waals surface area (Å²) in [6.45, 7) is 2.17. The van der Waals surface area contributed by atoms with E-state index in [1.807, 2.05) is 6.20 Å². The van der Waals surface area contributed by atoms with E-state index in [0.717, 1.165) is 36.9 Å². The Morgan fingerprint density at radius 3 is 1.81 bits per heavy atom. The van der Waals surface area contributed by atoms with Crippen molar-refractivity contribution in [3.8, 4) is 33.6 Å². The summed E-state index contributed by atoms with van der Waals surface area (Å²) in [5, 5.41) is 7.11. The average molecular weight is 491 g/mol. The molecular formula is C31H34N6. The SMILES string of the molecule is c1cc(-c2ccc(-c3cnc([C@@H]4CCCN4)[nH]3)c3c2C2CCC3C2)ccc1-c1cnc([C@@H]2CCCN2)[nH]1. The second-order valence-corrected chi connectivity index (χ2v) is 11.4. The minimum absolute atomic E-state index is 0.366. The molecule has 0 spiro atoms. The lowest BCUT2D eigenvalue weighted by Gasteiger charge is -2.22. The summed E-state index contributed by atoms with van der Waals surface area (Å²) in [6.07, 6.45) is 12.8. The Balaban J connectivity index is 1.13. The molecule has 8 rings (SSSR count). The highest BCUT2D eigenvalue weighted by Gasteiger charge is 2.40. The lowest BCUT2D eigenvalue weighted by Crippen LogP contribution is -2.14. The van der Waals surface area contributed by atoms with Crippen LogP contribution < -0.4 is 10.6 Å². The van der Waals surface area contributed by atoms with E-state index in [1.54, 1.807) is 11.1 Å². The van der Waals surface area contributed by atoms with Gasteiger partial charge in [0.15, 0.2) is 0 Å². The second kappa shape index (κ2) is 8.67. The Morgan fingerprint density at radius 1 is 0.595 bits per heavy atom. The highest BCUT2D eigenvalue weighted by Crippen LogP contribution is 2.58. The summed E-state index contributed by atoms with van der Waals surface area (Å²) in [5.74, 6) is 3.52. The molecule has 4 atom stereocenters. The number of fused-ring (bicyclic) bond motifs is 5. The Hall–Kier alpha value is -3.22. The molecule has 3 fully saturated rings. The van der Waals surface area contributed by atoms with E-state index in [0.29, 0.717) is 23.9 Å². The molecule has 188 valence electrons. The summed E-state index contributed by atoms with van der Waals surface area (Å²) in [6, 6.07) is 14.5. The van der Waals surface area contributed by atoms with Crippen molar-refractivity contribution in [2.75, 3.05) is 13.1 Å². The van der Waals surface area contributed by atoms with Crippen LogP contribution in [-0.2, 0) is 0 Å². The van der Waals surface area contributed by atoms with Crippen LogP contribution in [0.2, 0.25) is 0 Å². The maximum atomic E-state index is 4.78. The smallest absolute Gasteiger partial charge is 0.123 e. The number of aromatic amines is 2. The first kappa shape index (κ1) is 21.8. The molecule has 4 heterocycles. The first-order valence-electron chi connectivity index (χ1n) is 14.2. The molecule has 4 N–H and O–H groups in total. The highest BCUT2D eigenvalue weighted by atomic mass is 15.0. The fraction of sp³-hybridized carbons (Fsp3) is 0.419. The molecule has 6 nitrogen and oxygen atoms in total. The van der Waals surface area contributed by atoms with E-state index in [2.05, 4.69) is 68.2 Å². The molecule has 2 aliphatic carbocycles. The Bertz CT molecular complexity index is 1430. The fourth-order valence-electron chi connectivity index (χ4n) is 7.48. The van der Waals surface area contributed by atoms with Crippen LogP contribution in [0.1, 0.15) is 91.6 Å². The van der Waals surface area contributed by atoms with Crippen molar-refractivity contribution in [2.24, 2.45) is 0 Å². The third-order valence-electron chi connectivity index (χ3n) is 9.31. The molecule has 6 heteroatoms. The van der Waals surface area contributed by atoms with Crippen LogP contribution in [-0.4, -0.2) is 33.0 Å². The van der Waals surface area contributed by atoms with E-state index < -0.39 is 0 Å². The van der Waals surface area contributed by atoms with Gasteiger partial charge in [0.05, 0.1) is 35.9 Å². The molecule has 2 aromatic heterocycles. The maximum Gasteiger partial charge on any atom is 0.123 e. The number of nitrogens with zero attached hydrogens (tertiary/aromatic N) is 2. The van der Waals surface area contributed by atoms with Gasteiger partial charge in [-0.25, -0.2) is 9.97 Å². The summed E-state index contributed by atoms with van der Waals surface area (Å²) >= 11 is 0. The quantitative estimate of drug-likeness (QED) is 0.263. The number of aromatic nitrogens is 4. The minimum atomic E-state index is 0.366. The highest BCUT2D eigenvalue weighted by molar-refractivity contribution is 5.80. The largest absolute Gasteiger partial charge is 0.341 e. The van der Waals surface area contributed by atoms with Gasteiger partial charge in [0.25, 0.3) is 0 Å². The van der Waals surface area contributed by atoms with Crippen LogP contribution >= 0.6 is 0 Å². The van der Waals surface area contributed by atoms with Gasteiger partial charge in [-0.05, 0) is 97.7 Å². The molecule has 37 heavy (non-hydrogen) atoms. The lowest BCUT2D eigenvalue weighted by molar-refractivity contribution is 0.613. The van der Waals surface area contributed by atoms with E-state index in [1.165, 1.54) is 66.5 Å². The number of hydrogen-bond donors (Lipinski definition) is 4. The number of nitrogens with one attached hydrogen (secondary N) is 4. The monoisotopic (exact) mass is 490 g/mol. The third-order valence-corrected chi connectivity index (χ3v) is 9.31. The van der Waals surface area contributed by atoms with E-state index in [4.69, 9.17) is 4.98 Å². The predicted molar refractivity (Wildman–Crippen MR) is 146 cm³/mol. The zero-order valence-corrected chi connectivity index (χ0v) is 21.2. The van der Waals surface area contributed by atoms with Gasteiger partial charge in [-0.2, -0.15) is 0 Å². The van der Waals surface area contributed by atoms with Crippen molar-refractivity contribution in [1.29, 1.82) is 0 Å². The summed E-state index contributed by atoms with van der Waals surface area (Å²) in [5.41, 5.74) is 10.7. The number of benzene rings is 2. The minimum Gasteiger partial charge on any atom is -0.341 e. The molecule has 0 amide bonds. The van der Waals surface area contributed by atoms with Crippen LogP contribution in [0.4, 0.5) is 0 Å². The topological polar surface area (TPSA) is 81.4 Å². The van der Waals surface area contributed by atoms with Crippen molar-refractivity contribution < 1.29 is 0 Å². The first-order chi connectivity index (χ1) is 18.3. The van der Waals surface area contributed by atoms with Crippen LogP contribution in [0.3, 0.4) is 0 Å². The molecular weight excluding hydrogens is 456 g/mol. The molecule has 2 unspecified atom stereocenters. The molecule has 2 bridgehead atoms. The van der Waals surface area contributed by atoms with Crippen LogP contribution in [0.5, 0.6) is 0 Å². The van der Waals surface area contributed by atoms with Gasteiger partial charge in [0, 0.05) is 5.56 Å². The lowest BCUT2D eigenvalue weighted by atomic mass is 9.82. The standard InChI is InChI=1S/C31H34N6/c1-3-24(32-13-1)30-34-16-26(36-30)19-7-5-18(6-8-19)22-11-12-23(29-21-10-9-20(15-21)28(22)29)27-17-35-31(37-27)25-4-2-14-33-25/h5-8,11-12,16-17,20-21,24-25,32-33H,1-4,9-10,13-15H2,(H,34,36)(H,35,37)/t20?,21?,24-,25-/m0/s1. The summed E-state index contributed by atoms with van der Waals surface area (Å²) in [7, 11) is 0. The first-order valence-corrected chi connectivity index (χ1v) is 14.2. The average Bonchev–Trinajstić information content (AvgIpc) is 3.79. The van der Waals surface area contributed by atoms with Crippen molar-refractivity contribution in [2.45, 2.75) is 68.9 Å². The molecule has 1 saturated carbocycles. The molecule has 2 aliphatic heterocycles. The van der Waals surface area contributed by atoms with Gasteiger partial charge >= 0.3 is 0 Å². The van der Waals surface area contributed by atoms with Crippen molar-refractivity contribution in [3.63, 3.8) is 0 Å². The number of rotatable bonds is 5. The zero-order chi connectivity index (χ0) is 24.3.